The molecule has 1 aromatic heterocycles. The zero-order valence-corrected chi connectivity index (χ0v) is 12.0. The van der Waals surface area contributed by atoms with Gasteiger partial charge in [-0.05, 0) is 38.2 Å². The maximum absolute atomic E-state index is 11.9. The van der Waals surface area contributed by atoms with Crippen molar-refractivity contribution in [1.82, 2.24) is 20.4 Å². The van der Waals surface area contributed by atoms with Gasteiger partial charge in [-0.1, -0.05) is 17.7 Å². The van der Waals surface area contributed by atoms with Gasteiger partial charge in [-0.3, -0.25) is 4.79 Å². The first-order chi connectivity index (χ1) is 9.70. The molecule has 0 spiro atoms. The van der Waals surface area contributed by atoms with Crippen molar-refractivity contribution < 1.29 is 4.79 Å². The normalized spacial score (nSPS) is 10.5. The summed E-state index contributed by atoms with van der Waals surface area (Å²) in [5, 5.41) is 10.7. The Morgan fingerprint density at radius 2 is 2.25 bits per heavy atom. The standard InChI is InChI=1S/C14H17ClN4O/c1-16-6-3-7-17-14(20)11-9-18-19(10-11)13-5-2-4-12(15)8-13/h2,4-5,8-10,16H,3,6-7H2,1H3,(H,17,20). The third-order valence-corrected chi connectivity index (χ3v) is 3.04. The van der Waals surface area contributed by atoms with E-state index in [0.29, 0.717) is 17.1 Å². The number of rotatable bonds is 6. The number of nitrogens with one attached hydrogen (secondary N) is 2. The molecule has 0 saturated carbocycles. The van der Waals surface area contributed by atoms with Crippen molar-refractivity contribution in [2.45, 2.75) is 6.42 Å². The lowest BCUT2D eigenvalue weighted by Crippen LogP contribution is -2.26. The number of hydrogen-bond donors (Lipinski definition) is 2. The highest BCUT2D eigenvalue weighted by Crippen LogP contribution is 2.14. The quantitative estimate of drug-likeness (QED) is 0.799. The van der Waals surface area contributed by atoms with Gasteiger partial charge in [-0.2, -0.15) is 5.10 Å². The Morgan fingerprint density at radius 3 is 3.00 bits per heavy atom. The first-order valence-corrected chi connectivity index (χ1v) is 6.82. The molecular formula is C14H17ClN4O. The second-order valence-electron chi connectivity index (χ2n) is 4.37. The van der Waals surface area contributed by atoms with E-state index in [1.807, 2.05) is 19.2 Å². The molecule has 2 N–H and O–H groups in total. The lowest BCUT2D eigenvalue weighted by atomic mass is 10.3. The Balaban J connectivity index is 2.00. The van der Waals surface area contributed by atoms with Crippen LogP contribution in [0.3, 0.4) is 0 Å². The van der Waals surface area contributed by atoms with Crippen LogP contribution < -0.4 is 10.6 Å². The highest BCUT2D eigenvalue weighted by molar-refractivity contribution is 6.30. The van der Waals surface area contributed by atoms with Gasteiger partial charge in [0.1, 0.15) is 0 Å². The predicted octanol–water partition coefficient (Wildman–Crippen LogP) is 1.86. The molecule has 0 bridgehead atoms. The van der Waals surface area contributed by atoms with E-state index < -0.39 is 0 Å². The average Bonchev–Trinajstić information content (AvgIpc) is 2.93. The molecule has 2 aromatic rings. The Labute approximate surface area is 122 Å². The molecule has 0 radical (unpaired) electrons. The highest BCUT2D eigenvalue weighted by atomic mass is 35.5. The summed E-state index contributed by atoms with van der Waals surface area (Å²) in [6.07, 6.45) is 4.14. The molecular weight excluding hydrogens is 276 g/mol. The summed E-state index contributed by atoms with van der Waals surface area (Å²) in [4.78, 5) is 11.9. The maximum Gasteiger partial charge on any atom is 0.254 e. The van der Waals surface area contributed by atoms with Crippen LogP contribution in [-0.2, 0) is 0 Å². The van der Waals surface area contributed by atoms with Crippen LogP contribution in [0.2, 0.25) is 5.02 Å². The first-order valence-electron chi connectivity index (χ1n) is 6.44. The molecule has 5 nitrogen and oxygen atoms in total. The van der Waals surface area contributed by atoms with Crippen LogP contribution in [0.25, 0.3) is 5.69 Å². The number of amides is 1. The summed E-state index contributed by atoms with van der Waals surface area (Å²) in [5.41, 5.74) is 1.36. The number of carbonyl (C=O) groups is 1. The van der Waals surface area contributed by atoms with Crippen molar-refractivity contribution >= 4 is 17.5 Å². The molecule has 0 saturated heterocycles. The van der Waals surface area contributed by atoms with E-state index in [0.717, 1.165) is 18.7 Å². The topological polar surface area (TPSA) is 58.9 Å². The lowest BCUT2D eigenvalue weighted by molar-refractivity contribution is 0.0953. The smallest absolute Gasteiger partial charge is 0.254 e. The van der Waals surface area contributed by atoms with Gasteiger partial charge in [0.25, 0.3) is 5.91 Å². The molecule has 106 valence electrons. The van der Waals surface area contributed by atoms with Crippen molar-refractivity contribution in [2.24, 2.45) is 0 Å². The number of hydrogen-bond acceptors (Lipinski definition) is 3. The molecule has 0 unspecified atom stereocenters. The Bertz CT molecular complexity index is 582. The molecule has 0 atom stereocenters. The minimum atomic E-state index is -0.116. The molecule has 2 rings (SSSR count). The van der Waals surface area contributed by atoms with E-state index >= 15 is 0 Å². The van der Waals surface area contributed by atoms with Gasteiger partial charge >= 0.3 is 0 Å². The molecule has 6 heteroatoms. The zero-order chi connectivity index (χ0) is 14.4. The fraction of sp³-hybridized carbons (Fsp3) is 0.286. The van der Waals surface area contributed by atoms with E-state index in [2.05, 4.69) is 15.7 Å². The van der Waals surface area contributed by atoms with Gasteiger partial charge in [-0.15, -0.1) is 0 Å². The molecule has 1 amide bonds. The Morgan fingerprint density at radius 1 is 1.40 bits per heavy atom. The van der Waals surface area contributed by atoms with Gasteiger partial charge in [0.2, 0.25) is 0 Å². The summed E-state index contributed by atoms with van der Waals surface area (Å²) in [7, 11) is 1.89. The Hall–Kier alpha value is -1.85. The first kappa shape index (κ1) is 14.6. The molecule has 0 aliphatic heterocycles. The number of halogens is 1. The van der Waals surface area contributed by atoms with Crippen LogP contribution in [0, 0.1) is 0 Å². The minimum Gasteiger partial charge on any atom is -0.352 e. The average molecular weight is 293 g/mol. The van der Waals surface area contributed by atoms with E-state index in [-0.39, 0.29) is 5.91 Å². The molecule has 20 heavy (non-hydrogen) atoms. The molecule has 1 heterocycles. The van der Waals surface area contributed by atoms with Gasteiger partial charge < -0.3 is 10.6 Å². The summed E-state index contributed by atoms with van der Waals surface area (Å²) < 4.78 is 1.63. The maximum atomic E-state index is 11.9. The van der Waals surface area contributed by atoms with Crippen LogP contribution in [0.1, 0.15) is 16.8 Å². The molecule has 0 aliphatic rings. The fourth-order valence-electron chi connectivity index (χ4n) is 1.77. The van der Waals surface area contributed by atoms with Crippen LogP contribution in [-0.4, -0.2) is 35.8 Å². The molecule has 0 fully saturated rings. The summed E-state index contributed by atoms with van der Waals surface area (Å²) in [6.45, 7) is 1.52. The van der Waals surface area contributed by atoms with Gasteiger partial charge in [-0.25, -0.2) is 4.68 Å². The number of nitrogens with zero attached hydrogens (tertiary/aromatic N) is 2. The Kier molecular flexibility index (Phi) is 5.15. The largest absolute Gasteiger partial charge is 0.352 e. The second-order valence-corrected chi connectivity index (χ2v) is 4.80. The third kappa shape index (κ3) is 3.82. The second kappa shape index (κ2) is 7.07. The third-order valence-electron chi connectivity index (χ3n) is 2.81. The van der Waals surface area contributed by atoms with E-state index in [1.54, 1.807) is 29.2 Å². The highest BCUT2D eigenvalue weighted by Gasteiger charge is 2.08. The minimum absolute atomic E-state index is 0.116. The molecule has 1 aromatic carbocycles. The zero-order valence-electron chi connectivity index (χ0n) is 11.3. The van der Waals surface area contributed by atoms with E-state index in [1.165, 1.54) is 0 Å². The van der Waals surface area contributed by atoms with Crippen molar-refractivity contribution in [3.05, 3.63) is 47.2 Å². The number of carbonyl (C=O) groups excluding carboxylic acids is 1. The van der Waals surface area contributed by atoms with Crippen molar-refractivity contribution in [3.8, 4) is 5.69 Å². The predicted molar refractivity (Wildman–Crippen MR) is 79.5 cm³/mol. The van der Waals surface area contributed by atoms with Gasteiger partial charge in [0.05, 0.1) is 17.4 Å². The summed E-state index contributed by atoms with van der Waals surface area (Å²) >= 11 is 5.94. The SMILES string of the molecule is CNCCCNC(=O)c1cnn(-c2cccc(Cl)c2)c1. The van der Waals surface area contributed by atoms with Crippen LogP contribution in [0.4, 0.5) is 0 Å². The van der Waals surface area contributed by atoms with Gasteiger partial charge in [0, 0.05) is 17.8 Å². The van der Waals surface area contributed by atoms with Crippen molar-refractivity contribution in [1.29, 1.82) is 0 Å². The van der Waals surface area contributed by atoms with Gasteiger partial charge in [0.15, 0.2) is 0 Å². The molecule has 0 aliphatic carbocycles. The van der Waals surface area contributed by atoms with E-state index in [4.69, 9.17) is 11.6 Å². The van der Waals surface area contributed by atoms with Crippen LogP contribution in [0.15, 0.2) is 36.7 Å². The monoisotopic (exact) mass is 292 g/mol. The summed E-state index contributed by atoms with van der Waals surface area (Å²) in [6, 6.07) is 7.32. The van der Waals surface area contributed by atoms with Crippen molar-refractivity contribution in [2.75, 3.05) is 20.1 Å². The van der Waals surface area contributed by atoms with Crippen LogP contribution in [0.5, 0.6) is 0 Å². The fourth-order valence-corrected chi connectivity index (χ4v) is 1.95. The number of benzene rings is 1. The lowest BCUT2D eigenvalue weighted by Gasteiger charge is -2.03. The van der Waals surface area contributed by atoms with E-state index in [9.17, 15) is 4.79 Å². The summed E-state index contributed by atoms with van der Waals surface area (Å²) in [5.74, 6) is -0.116. The van der Waals surface area contributed by atoms with Crippen LogP contribution >= 0.6 is 11.6 Å². The van der Waals surface area contributed by atoms with Crippen molar-refractivity contribution in [3.63, 3.8) is 0 Å². The number of aromatic nitrogens is 2.